The number of carbonyl (C=O) groups is 2. The minimum absolute atomic E-state index is 0.140. The van der Waals surface area contributed by atoms with Crippen molar-refractivity contribution in [2.45, 2.75) is 13.3 Å². The van der Waals surface area contributed by atoms with Gasteiger partial charge in [0.05, 0.1) is 17.2 Å². The van der Waals surface area contributed by atoms with E-state index < -0.39 is 5.97 Å². The van der Waals surface area contributed by atoms with Gasteiger partial charge in [-0.1, -0.05) is 6.07 Å². The van der Waals surface area contributed by atoms with Crippen molar-refractivity contribution in [1.29, 1.82) is 0 Å². The van der Waals surface area contributed by atoms with Gasteiger partial charge < -0.3 is 14.8 Å². The lowest BCUT2D eigenvalue weighted by Crippen LogP contribution is -2.08. The van der Waals surface area contributed by atoms with Gasteiger partial charge in [-0.3, -0.25) is 14.4 Å². The molecule has 0 fully saturated rings. The van der Waals surface area contributed by atoms with Gasteiger partial charge in [0.2, 0.25) is 11.3 Å². The number of carboxylic acid groups (broad SMARTS) is 1. The molecule has 23 heavy (non-hydrogen) atoms. The fourth-order valence-corrected chi connectivity index (χ4v) is 2.46. The van der Waals surface area contributed by atoms with Gasteiger partial charge in [-0.25, -0.2) is 0 Å². The van der Waals surface area contributed by atoms with Crippen LogP contribution in [-0.2, 0) is 16.0 Å². The number of amides is 1. The Morgan fingerprint density at radius 3 is 2.57 bits per heavy atom. The Balaban J connectivity index is 2.20. The van der Waals surface area contributed by atoms with Crippen molar-refractivity contribution in [3.63, 3.8) is 0 Å². The maximum absolute atomic E-state index is 12.6. The van der Waals surface area contributed by atoms with Gasteiger partial charge in [-0.15, -0.1) is 0 Å². The van der Waals surface area contributed by atoms with Crippen molar-refractivity contribution >= 4 is 39.5 Å². The average molecular weight is 311 g/mol. The Hall–Kier alpha value is -3.15. The molecule has 0 bridgehead atoms. The van der Waals surface area contributed by atoms with E-state index in [4.69, 9.17) is 9.52 Å². The van der Waals surface area contributed by atoms with Crippen LogP contribution in [0.15, 0.2) is 45.6 Å². The molecule has 0 saturated heterocycles. The first-order chi connectivity index (χ1) is 10.9. The molecule has 0 radical (unpaired) electrons. The van der Waals surface area contributed by atoms with Crippen LogP contribution >= 0.6 is 0 Å². The Labute approximate surface area is 130 Å². The summed E-state index contributed by atoms with van der Waals surface area (Å²) in [5.41, 5.74) is 1.56. The largest absolute Gasteiger partial charge is 0.481 e. The van der Waals surface area contributed by atoms with E-state index in [9.17, 15) is 14.4 Å². The van der Waals surface area contributed by atoms with Crippen LogP contribution in [0.25, 0.3) is 21.9 Å². The predicted octanol–water partition coefficient (Wildman–Crippen LogP) is 2.53. The van der Waals surface area contributed by atoms with Crippen molar-refractivity contribution in [2.75, 3.05) is 5.32 Å². The summed E-state index contributed by atoms with van der Waals surface area (Å²) >= 11 is 0. The first-order valence-corrected chi connectivity index (χ1v) is 6.93. The van der Waals surface area contributed by atoms with Gasteiger partial charge in [0.1, 0.15) is 11.2 Å². The minimum atomic E-state index is -0.951. The Bertz CT molecular complexity index is 1000. The average Bonchev–Trinajstić information content (AvgIpc) is 2.47. The maximum Gasteiger partial charge on any atom is 0.307 e. The summed E-state index contributed by atoms with van der Waals surface area (Å²) in [5, 5.41) is 12.2. The highest BCUT2D eigenvalue weighted by atomic mass is 16.4. The molecular formula is C17H13NO5. The lowest BCUT2D eigenvalue weighted by atomic mass is 10.1. The fraction of sp³-hybridized carbons (Fsp3) is 0.118. The monoisotopic (exact) mass is 311 g/mol. The highest BCUT2D eigenvalue weighted by molar-refractivity contribution is 5.95. The molecule has 0 saturated carbocycles. The van der Waals surface area contributed by atoms with Crippen molar-refractivity contribution in [1.82, 2.24) is 0 Å². The van der Waals surface area contributed by atoms with Crippen LogP contribution in [0, 0.1) is 0 Å². The molecule has 2 N–H and O–H groups in total. The van der Waals surface area contributed by atoms with Gasteiger partial charge in [0.25, 0.3) is 0 Å². The summed E-state index contributed by atoms with van der Waals surface area (Å²) in [4.78, 5) is 34.5. The third-order valence-corrected chi connectivity index (χ3v) is 3.41. The number of benzene rings is 2. The van der Waals surface area contributed by atoms with Crippen LogP contribution in [0.5, 0.6) is 0 Å². The summed E-state index contributed by atoms with van der Waals surface area (Å²) in [5.74, 6) is -1.18. The Morgan fingerprint density at radius 2 is 1.87 bits per heavy atom. The summed E-state index contributed by atoms with van der Waals surface area (Å²) < 4.78 is 5.70. The van der Waals surface area contributed by atoms with Gasteiger partial charge in [-0.05, 0) is 35.9 Å². The zero-order valence-electron chi connectivity index (χ0n) is 12.3. The summed E-state index contributed by atoms with van der Waals surface area (Å²) in [6.45, 7) is 1.39. The summed E-state index contributed by atoms with van der Waals surface area (Å²) in [6.07, 6.45) is -0.140. The molecule has 0 spiro atoms. The molecule has 3 rings (SSSR count). The van der Waals surface area contributed by atoms with E-state index in [-0.39, 0.29) is 17.8 Å². The summed E-state index contributed by atoms with van der Waals surface area (Å²) in [6, 6.07) is 9.52. The molecule has 2 aromatic carbocycles. The number of carbonyl (C=O) groups excluding carboxylic acids is 1. The van der Waals surface area contributed by atoms with E-state index in [0.29, 0.717) is 33.2 Å². The van der Waals surface area contributed by atoms with Crippen molar-refractivity contribution < 1.29 is 19.1 Å². The number of rotatable bonds is 3. The molecule has 3 aromatic rings. The Morgan fingerprint density at radius 1 is 1.09 bits per heavy atom. The molecule has 0 aliphatic rings. The Kier molecular flexibility index (Phi) is 3.57. The zero-order chi connectivity index (χ0) is 16.6. The van der Waals surface area contributed by atoms with Gasteiger partial charge in [0.15, 0.2) is 0 Å². The fourth-order valence-electron chi connectivity index (χ4n) is 2.46. The standard InChI is InChI=1S/C17H13NO5/c1-9(19)18-11-3-5-14-13(8-11)17(22)12-4-2-10(7-16(20)21)6-15(12)23-14/h2-6,8H,7H2,1H3,(H,18,19)(H,20,21). The molecule has 1 heterocycles. The SMILES string of the molecule is CC(=O)Nc1ccc2oc3cc(CC(=O)O)ccc3c(=O)c2c1. The van der Waals surface area contributed by atoms with Crippen molar-refractivity contribution in [3.05, 3.63) is 52.2 Å². The molecule has 0 unspecified atom stereocenters. The van der Waals surface area contributed by atoms with Crippen LogP contribution in [0.1, 0.15) is 12.5 Å². The quantitative estimate of drug-likeness (QED) is 0.724. The van der Waals surface area contributed by atoms with Crippen LogP contribution in [-0.4, -0.2) is 17.0 Å². The molecule has 1 aromatic heterocycles. The zero-order valence-corrected chi connectivity index (χ0v) is 12.3. The van der Waals surface area contributed by atoms with Crippen LogP contribution in [0.4, 0.5) is 5.69 Å². The molecule has 6 heteroatoms. The summed E-state index contributed by atoms with van der Waals surface area (Å²) in [7, 11) is 0. The van der Waals surface area contributed by atoms with Crippen LogP contribution in [0.2, 0.25) is 0 Å². The molecule has 1 amide bonds. The molecular weight excluding hydrogens is 298 g/mol. The number of anilines is 1. The number of fused-ring (bicyclic) bond motifs is 2. The van der Waals surface area contributed by atoms with Crippen molar-refractivity contribution in [3.8, 4) is 0 Å². The molecule has 0 aliphatic carbocycles. The number of nitrogens with one attached hydrogen (secondary N) is 1. The molecule has 6 nitrogen and oxygen atoms in total. The molecule has 0 aliphatic heterocycles. The second-order valence-corrected chi connectivity index (χ2v) is 5.22. The molecule has 0 atom stereocenters. The number of hydrogen-bond acceptors (Lipinski definition) is 4. The third-order valence-electron chi connectivity index (χ3n) is 3.41. The van der Waals surface area contributed by atoms with E-state index in [1.807, 2.05) is 0 Å². The van der Waals surface area contributed by atoms with E-state index in [2.05, 4.69) is 5.32 Å². The second-order valence-electron chi connectivity index (χ2n) is 5.22. The first kappa shape index (κ1) is 14.8. The maximum atomic E-state index is 12.6. The topological polar surface area (TPSA) is 96.6 Å². The smallest absolute Gasteiger partial charge is 0.307 e. The third kappa shape index (κ3) is 2.91. The highest BCUT2D eigenvalue weighted by Gasteiger charge is 2.10. The lowest BCUT2D eigenvalue weighted by Gasteiger charge is -2.06. The van der Waals surface area contributed by atoms with E-state index in [0.717, 1.165) is 0 Å². The number of carboxylic acids is 1. The van der Waals surface area contributed by atoms with Gasteiger partial charge >= 0.3 is 5.97 Å². The van der Waals surface area contributed by atoms with Gasteiger partial charge in [0, 0.05) is 12.6 Å². The number of aliphatic carboxylic acids is 1. The predicted molar refractivity (Wildman–Crippen MR) is 85.6 cm³/mol. The second kappa shape index (κ2) is 5.57. The van der Waals surface area contributed by atoms with E-state index in [1.165, 1.54) is 6.92 Å². The van der Waals surface area contributed by atoms with Gasteiger partial charge in [-0.2, -0.15) is 0 Å². The van der Waals surface area contributed by atoms with E-state index >= 15 is 0 Å². The number of hydrogen-bond donors (Lipinski definition) is 2. The molecule has 116 valence electrons. The van der Waals surface area contributed by atoms with Crippen LogP contribution in [0.3, 0.4) is 0 Å². The first-order valence-electron chi connectivity index (χ1n) is 6.93. The van der Waals surface area contributed by atoms with Crippen LogP contribution < -0.4 is 10.7 Å². The lowest BCUT2D eigenvalue weighted by molar-refractivity contribution is -0.136. The minimum Gasteiger partial charge on any atom is -0.481 e. The van der Waals surface area contributed by atoms with E-state index in [1.54, 1.807) is 36.4 Å². The normalized spacial score (nSPS) is 10.8. The highest BCUT2D eigenvalue weighted by Crippen LogP contribution is 2.22. The van der Waals surface area contributed by atoms with Crippen molar-refractivity contribution in [2.24, 2.45) is 0 Å².